The van der Waals surface area contributed by atoms with Crippen molar-refractivity contribution in [2.24, 2.45) is 4.99 Å². The van der Waals surface area contributed by atoms with Crippen LogP contribution in [-0.2, 0) is 4.79 Å². The first kappa shape index (κ1) is 21.6. The number of carbonyl (C=O) groups excluding carboxylic acids is 1. The highest BCUT2D eigenvalue weighted by Gasteiger charge is 2.35. The Morgan fingerprint density at radius 2 is 1.31 bits per heavy atom. The molecule has 1 amide bonds. The molecule has 0 unspecified atom stereocenters. The number of fused-ring (bicyclic) bond motifs is 1. The van der Waals surface area contributed by atoms with Crippen LogP contribution in [0.3, 0.4) is 0 Å². The summed E-state index contributed by atoms with van der Waals surface area (Å²) in [5, 5.41) is 0.967. The van der Waals surface area contributed by atoms with Crippen molar-refractivity contribution in [1.82, 2.24) is 4.98 Å². The summed E-state index contributed by atoms with van der Waals surface area (Å²) in [6.45, 7) is 0. The largest absolute Gasteiger partial charge is 0.353 e. The molecule has 0 bridgehead atoms. The molecule has 0 aliphatic carbocycles. The Kier molecular flexibility index (Phi) is 5.60. The summed E-state index contributed by atoms with van der Waals surface area (Å²) in [6.07, 6.45) is 5.64. The van der Waals surface area contributed by atoms with Crippen LogP contribution in [0.15, 0.2) is 138 Å². The number of benzene rings is 4. The van der Waals surface area contributed by atoms with E-state index in [0.717, 1.165) is 39.0 Å². The first-order chi connectivity index (χ1) is 17.8. The molecule has 2 heterocycles. The number of carbonyl (C=O) groups is 1. The van der Waals surface area contributed by atoms with Gasteiger partial charge in [-0.3, -0.25) is 9.69 Å². The molecule has 5 aromatic rings. The van der Waals surface area contributed by atoms with Crippen molar-refractivity contribution in [3.63, 3.8) is 0 Å². The number of H-pyrrole nitrogens is 1. The number of anilines is 1. The van der Waals surface area contributed by atoms with Crippen LogP contribution in [0.1, 0.15) is 11.1 Å². The summed E-state index contributed by atoms with van der Waals surface area (Å²) in [7, 11) is 0. The van der Waals surface area contributed by atoms with Gasteiger partial charge in [0, 0.05) is 22.0 Å². The highest BCUT2D eigenvalue weighted by atomic mass is 16.2. The first-order valence-electron chi connectivity index (χ1n) is 11.9. The summed E-state index contributed by atoms with van der Waals surface area (Å²) in [4.78, 5) is 24.1. The Bertz CT molecular complexity index is 1630. The Morgan fingerprint density at radius 3 is 2.03 bits per heavy atom. The third-order valence-electron chi connectivity index (χ3n) is 6.20. The molecule has 172 valence electrons. The number of allylic oxidation sites excluding steroid dienone is 2. The van der Waals surface area contributed by atoms with Crippen LogP contribution in [0, 0.1) is 0 Å². The van der Waals surface area contributed by atoms with Crippen LogP contribution in [0.5, 0.6) is 0 Å². The van der Waals surface area contributed by atoms with E-state index >= 15 is 0 Å². The van der Waals surface area contributed by atoms with Crippen LogP contribution in [-0.4, -0.2) is 16.7 Å². The number of para-hydroxylation sites is 1. The minimum absolute atomic E-state index is 0.159. The zero-order chi connectivity index (χ0) is 24.3. The topological polar surface area (TPSA) is 48.5 Å². The fourth-order valence-electron chi connectivity index (χ4n) is 4.51. The van der Waals surface area contributed by atoms with Gasteiger partial charge in [0.05, 0.1) is 11.4 Å². The van der Waals surface area contributed by atoms with Gasteiger partial charge in [0.1, 0.15) is 11.5 Å². The number of rotatable bonds is 5. The molecule has 1 aliphatic rings. The summed E-state index contributed by atoms with van der Waals surface area (Å²) in [5.41, 5.74) is 6.00. The fourth-order valence-corrected chi connectivity index (χ4v) is 4.51. The van der Waals surface area contributed by atoms with Crippen LogP contribution in [0.4, 0.5) is 5.69 Å². The third kappa shape index (κ3) is 3.95. The standard InChI is InChI=1S/C32H23N3O/c36-32-28(22-12-15-23-13-4-1-5-14-23)34-31(25-18-8-3-9-19-25)35(32)30-26-20-10-11-21-27(26)33-29(30)24-16-6-2-7-17-24/h1-22,33H/b15-12+,28-22+. The molecule has 1 aromatic heterocycles. The van der Waals surface area contributed by atoms with Crippen molar-refractivity contribution >= 4 is 34.4 Å². The van der Waals surface area contributed by atoms with Crippen molar-refractivity contribution in [3.05, 3.63) is 144 Å². The fraction of sp³-hybridized carbons (Fsp3) is 0. The number of amides is 1. The molecule has 4 nitrogen and oxygen atoms in total. The summed E-state index contributed by atoms with van der Waals surface area (Å²) < 4.78 is 0. The van der Waals surface area contributed by atoms with Gasteiger partial charge in [-0.25, -0.2) is 4.99 Å². The average Bonchev–Trinajstić information content (AvgIpc) is 3.47. The number of nitrogens with zero attached hydrogens (tertiary/aromatic N) is 2. The molecular formula is C32H23N3O. The van der Waals surface area contributed by atoms with Gasteiger partial charge < -0.3 is 4.98 Å². The normalized spacial score (nSPS) is 14.8. The Hall–Kier alpha value is -4.96. The highest BCUT2D eigenvalue weighted by molar-refractivity contribution is 6.35. The van der Waals surface area contributed by atoms with Crippen LogP contribution >= 0.6 is 0 Å². The molecule has 0 spiro atoms. The monoisotopic (exact) mass is 465 g/mol. The SMILES string of the molecule is O=C1/C(=C\C=C\c2ccccc2)N=C(c2ccccc2)N1c1c(-c2ccccc2)[nH]c2ccccc12. The van der Waals surface area contributed by atoms with Gasteiger partial charge in [0.25, 0.3) is 5.91 Å². The number of amidine groups is 1. The number of aromatic amines is 1. The molecule has 4 heteroatoms. The van der Waals surface area contributed by atoms with Gasteiger partial charge in [-0.15, -0.1) is 0 Å². The lowest BCUT2D eigenvalue weighted by Crippen LogP contribution is -2.33. The maximum absolute atomic E-state index is 14.0. The summed E-state index contributed by atoms with van der Waals surface area (Å²) in [6, 6.07) is 38.0. The van der Waals surface area contributed by atoms with E-state index in [1.165, 1.54) is 0 Å². The molecule has 0 saturated heterocycles. The molecule has 0 fully saturated rings. The van der Waals surface area contributed by atoms with Gasteiger partial charge in [0.15, 0.2) is 0 Å². The van der Waals surface area contributed by atoms with Crippen LogP contribution in [0.25, 0.3) is 28.2 Å². The van der Waals surface area contributed by atoms with Crippen molar-refractivity contribution in [2.45, 2.75) is 0 Å². The van der Waals surface area contributed by atoms with Gasteiger partial charge in [-0.2, -0.15) is 0 Å². The lowest BCUT2D eigenvalue weighted by molar-refractivity contribution is -0.113. The highest BCUT2D eigenvalue weighted by Crippen LogP contribution is 2.40. The molecule has 0 radical (unpaired) electrons. The Balaban J connectivity index is 1.52. The zero-order valence-corrected chi connectivity index (χ0v) is 19.5. The second kappa shape index (κ2) is 9.35. The molecule has 36 heavy (non-hydrogen) atoms. The van der Waals surface area contributed by atoms with E-state index in [9.17, 15) is 4.79 Å². The van der Waals surface area contributed by atoms with E-state index in [2.05, 4.69) is 4.98 Å². The maximum atomic E-state index is 14.0. The van der Waals surface area contributed by atoms with Crippen LogP contribution < -0.4 is 4.90 Å². The minimum Gasteiger partial charge on any atom is -0.353 e. The van der Waals surface area contributed by atoms with E-state index in [0.29, 0.717) is 11.5 Å². The van der Waals surface area contributed by atoms with Gasteiger partial charge >= 0.3 is 0 Å². The second-order valence-corrected chi connectivity index (χ2v) is 8.52. The van der Waals surface area contributed by atoms with E-state index in [4.69, 9.17) is 4.99 Å². The summed E-state index contributed by atoms with van der Waals surface area (Å²) >= 11 is 0. The minimum atomic E-state index is -0.159. The predicted octanol–water partition coefficient (Wildman–Crippen LogP) is 7.23. The van der Waals surface area contributed by atoms with Crippen molar-refractivity contribution in [3.8, 4) is 11.3 Å². The van der Waals surface area contributed by atoms with Gasteiger partial charge in [-0.1, -0.05) is 121 Å². The predicted molar refractivity (Wildman–Crippen MR) is 148 cm³/mol. The summed E-state index contributed by atoms with van der Waals surface area (Å²) in [5.74, 6) is 0.454. The molecule has 4 aromatic carbocycles. The van der Waals surface area contributed by atoms with Crippen LogP contribution in [0.2, 0.25) is 0 Å². The molecule has 1 N–H and O–H groups in total. The average molecular weight is 466 g/mol. The van der Waals surface area contributed by atoms with Crippen molar-refractivity contribution in [1.29, 1.82) is 0 Å². The molecule has 0 atom stereocenters. The number of hydrogen-bond acceptors (Lipinski definition) is 2. The lowest BCUT2D eigenvalue weighted by atomic mass is 10.1. The zero-order valence-electron chi connectivity index (χ0n) is 19.5. The molecule has 6 rings (SSSR count). The lowest BCUT2D eigenvalue weighted by Gasteiger charge is -2.20. The van der Waals surface area contributed by atoms with E-state index in [-0.39, 0.29) is 5.91 Å². The number of hydrogen-bond donors (Lipinski definition) is 1. The first-order valence-corrected chi connectivity index (χ1v) is 11.9. The van der Waals surface area contributed by atoms with Gasteiger partial charge in [0.2, 0.25) is 0 Å². The van der Waals surface area contributed by atoms with E-state index in [1.54, 1.807) is 11.0 Å². The van der Waals surface area contributed by atoms with E-state index < -0.39 is 0 Å². The third-order valence-corrected chi connectivity index (χ3v) is 6.20. The number of nitrogens with one attached hydrogen (secondary N) is 1. The number of aromatic nitrogens is 1. The van der Waals surface area contributed by atoms with E-state index in [1.807, 2.05) is 127 Å². The second-order valence-electron chi connectivity index (χ2n) is 8.52. The molecule has 0 saturated carbocycles. The molecule has 1 aliphatic heterocycles. The van der Waals surface area contributed by atoms with Crippen molar-refractivity contribution in [2.75, 3.05) is 4.90 Å². The Labute approximate surface area is 209 Å². The smallest absolute Gasteiger partial charge is 0.282 e. The quantitative estimate of drug-likeness (QED) is 0.274. The van der Waals surface area contributed by atoms with Crippen molar-refractivity contribution < 1.29 is 4.79 Å². The maximum Gasteiger partial charge on any atom is 0.282 e. The molecular weight excluding hydrogens is 442 g/mol. The van der Waals surface area contributed by atoms with Gasteiger partial charge in [-0.05, 0) is 17.7 Å². The Morgan fingerprint density at radius 1 is 0.694 bits per heavy atom. The number of aliphatic imine (C=N–C) groups is 1.